The van der Waals surface area contributed by atoms with Crippen LogP contribution >= 0.6 is 0 Å². The number of esters is 2. The van der Waals surface area contributed by atoms with Crippen LogP contribution in [0.3, 0.4) is 0 Å². The van der Waals surface area contributed by atoms with Gasteiger partial charge >= 0.3 is 11.9 Å². The van der Waals surface area contributed by atoms with Gasteiger partial charge in [0.2, 0.25) is 5.91 Å². The Hall–Kier alpha value is -1.89. The zero-order valence-electron chi connectivity index (χ0n) is 18.2. The van der Waals surface area contributed by atoms with Gasteiger partial charge < -0.3 is 19.9 Å². The average Bonchev–Trinajstić information content (AvgIpc) is 2.91. The second-order valence-corrected chi connectivity index (χ2v) is 10.0. The van der Waals surface area contributed by atoms with Crippen molar-refractivity contribution in [3.63, 3.8) is 0 Å². The lowest BCUT2D eigenvalue weighted by Crippen LogP contribution is -2.66. The van der Waals surface area contributed by atoms with Crippen LogP contribution in [0.2, 0.25) is 0 Å². The molecule has 5 atom stereocenters. The molecule has 1 amide bonds. The van der Waals surface area contributed by atoms with Gasteiger partial charge in [0.15, 0.2) is 0 Å². The molecule has 1 saturated heterocycles. The van der Waals surface area contributed by atoms with E-state index in [0.717, 1.165) is 6.42 Å². The van der Waals surface area contributed by atoms with Crippen molar-refractivity contribution in [2.45, 2.75) is 78.6 Å². The number of hydrogen-bond acceptors (Lipinski definition) is 6. The molecular weight excluding hydrogens is 374 g/mol. The lowest BCUT2D eigenvalue weighted by Gasteiger charge is -2.60. The highest BCUT2D eigenvalue weighted by molar-refractivity contribution is 5.94. The van der Waals surface area contributed by atoms with Crippen molar-refractivity contribution in [2.24, 2.45) is 22.7 Å². The number of carbonyl (C=O) groups excluding carboxylic acids is 3. The first kappa shape index (κ1) is 21.8. The third-order valence-electron chi connectivity index (χ3n) is 7.45. The molecule has 2 N–H and O–H groups in total. The highest BCUT2D eigenvalue weighted by Crippen LogP contribution is 2.63. The average molecular weight is 408 g/mol. The fraction of sp³-hybridized carbons (Fsp3) is 0.773. The summed E-state index contributed by atoms with van der Waals surface area (Å²) in [5.41, 5.74) is -2.21. The van der Waals surface area contributed by atoms with Crippen LogP contribution in [0.1, 0.15) is 60.8 Å². The Kier molecular flexibility index (Phi) is 5.35. The summed E-state index contributed by atoms with van der Waals surface area (Å²) in [5.74, 6) is -1.45. The molecule has 1 saturated carbocycles. The number of allylic oxidation sites excluding steroid dienone is 1. The molecule has 0 aromatic carbocycles. The second kappa shape index (κ2) is 7.11. The summed E-state index contributed by atoms with van der Waals surface area (Å²) >= 11 is 0. The zero-order valence-corrected chi connectivity index (χ0v) is 18.2. The van der Waals surface area contributed by atoms with E-state index in [1.807, 2.05) is 20.8 Å². The van der Waals surface area contributed by atoms with Gasteiger partial charge in [0.05, 0.1) is 5.57 Å². The molecule has 3 rings (SSSR count). The minimum atomic E-state index is -1.50. The normalized spacial score (nSPS) is 36.4. The molecule has 162 valence electrons. The highest BCUT2D eigenvalue weighted by atomic mass is 16.6. The van der Waals surface area contributed by atoms with Gasteiger partial charge in [-0.05, 0) is 36.5 Å². The van der Waals surface area contributed by atoms with E-state index in [1.54, 1.807) is 6.08 Å². The summed E-state index contributed by atoms with van der Waals surface area (Å²) in [7, 11) is 0. The van der Waals surface area contributed by atoms with Gasteiger partial charge in [-0.2, -0.15) is 0 Å². The predicted octanol–water partition coefficient (Wildman–Crippen LogP) is 2.12. The summed E-state index contributed by atoms with van der Waals surface area (Å²) < 4.78 is 11.2. The first-order valence-electron chi connectivity index (χ1n) is 10.4. The molecule has 29 heavy (non-hydrogen) atoms. The molecule has 3 aliphatic rings. The fourth-order valence-corrected chi connectivity index (χ4v) is 5.67. The van der Waals surface area contributed by atoms with Crippen LogP contribution in [0.4, 0.5) is 0 Å². The predicted molar refractivity (Wildman–Crippen MR) is 106 cm³/mol. The Labute approximate surface area is 172 Å². The van der Waals surface area contributed by atoms with Crippen molar-refractivity contribution in [2.75, 3.05) is 6.61 Å². The highest BCUT2D eigenvalue weighted by Gasteiger charge is 2.69. The molecule has 0 radical (unpaired) electrons. The van der Waals surface area contributed by atoms with Crippen molar-refractivity contribution in [1.29, 1.82) is 0 Å². The van der Waals surface area contributed by atoms with E-state index in [0.29, 0.717) is 12.8 Å². The Morgan fingerprint density at radius 2 is 1.97 bits per heavy atom. The summed E-state index contributed by atoms with van der Waals surface area (Å²) in [6.45, 7) is 11.1. The van der Waals surface area contributed by atoms with Crippen LogP contribution in [0.5, 0.6) is 0 Å². The summed E-state index contributed by atoms with van der Waals surface area (Å²) in [6, 6.07) is -0.765. The van der Waals surface area contributed by atoms with Crippen molar-refractivity contribution < 1.29 is 29.0 Å². The number of aliphatic hydroxyl groups is 1. The van der Waals surface area contributed by atoms with Crippen LogP contribution in [0.15, 0.2) is 11.6 Å². The number of rotatable bonds is 4. The van der Waals surface area contributed by atoms with Crippen LogP contribution < -0.4 is 5.32 Å². The van der Waals surface area contributed by atoms with Gasteiger partial charge in [-0.25, -0.2) is 9.59 Å². The second-order valence-electron chi connectivity index (χ2n) is 10.0. The molecular formula is C22H33NO6. The summed E-state index contributed by atoms with van der Waals surface area (Å²) in [5, 5.41) is 14.3. The van der Waals surface area contributed by atoms with E-state index >= 15 is 0 Å². The van der Waals surface area contributed by atoms with Gasteiger partial charge in [0, 0.05) is 12.3 Å². The lowest BCUT2D eigenvalue weighted by molar-refractivity contribution is -0.217. The van der Waals surface area contributed by atoms with Crippen LogP contribution in [-0.2, 0) is 23.9 Å². The van der Waals surface area contributed by atoms with E-state index < -0.39 is 35.1 Å². The van der Waals surface area contributed by atoms with Gasteiger partial charge in [-0.1, -0.05) is 40.7 Å². The minimum absolute atomic E-state index is 0.00284. The maximum atomic E-state index is 13.0. The van der Waals surface area contributed by atoms with E-state index in [-0.39, 0.29) is 35.3 Å². The number of nitrogens with one attached hydrogen (secondary N) is 1. The first-order chi connectivity index (χ1) is 13.3. The SMILES string of the molecule is CC(=O)N[C@H](C(=O)O[C@H]1CCC(C)(C)[C@@H]2CC=C3C(=O)OC[C@]3(O)[C@@]12C)C(C)C. The molecule has 0 aromatic heterocycles. The number of carbonyl (C=O) groups is 3. The molecule has 1 aliphatic heterocycles. The number of ether oxygens (including phenoxy) is 2. The van der Waals surface area contributed by atoms with E-state index in [9.17, 15) is 19.5 Å². The third-order valence-corrected chi connectivity index (χ3v) is 7.45. The smallest absolute Gasteiger partial charge is 0.336 e. The van der Waals surface area contributed by atoms with Crippen molar-refractivity contribution in [3.8, 4) is 0 Å². The van der Waals surface area contributed by atoms with Gasteiger partial charge in [-0.3, -0.25) is 4.79 Å². The molecule has 0 aromatic rings. The standard InChI is InChI=1S/C22H33NO6/c1-12(2)17(23-13(3)24)19(26)29-16-9-10-20(4,5)15-8-7-14-18(25)28-11-22(14,27)21(15,16)6/h7,12,15-17,27H,8-11H2,1-6H3,(H,23,24)/t15-,16-,17-,21+,22+/m0/s1. The number of cyclic esters (lactones) is 1. The van der Waals surface area contributed by atoms with Crippen molar-refractivity contribution in [3.05, 3.63) is 11.6 Å². The molecule has 0 spiro atoms. The largest absolute Gasteiger partial charge is 0.460 e. The van der Waals surface area contributed by atoms with Crippen molar-refractivity contribution >= 4 is 17.8 Å². The number of amides is 1. The fourth-order valence-electron chi connectivity index (χ4n) is 5.67. The summed E-state index contributed by atoms with van der Waals surface area (Å²) in [4.78, 5) is 36.8. The number of hydrogen-bond donors (Lipinski definition) is 2. The molecule has 7 heteroatoms. The van der Waals surface area contributed by atoms with Gasteiger partial charge in [-0.15, -0.1) is 0 Å². The molecule has 1 heterocycles. The molecule has 2 fully saturated rings. The zero-order chi connectivity index (χ0) is 21.8. The van der Waals surface area contributed by atoms with Crippen LogP contribution in [0, 0.1) is 22.7 Å². The summed E-state index contributed by atoms with van der Waals surface area (Å²) in [6.07, 6.45) is 3.21. The maximum Gasteiger partial charge on any atom is 0.336 e. The molecule has 7 nitrogen and oxygen atoms in total. The van der Waals surface area contributed by atoms with Crippen LogP contribution in [0.25, 0.3) is 0 Å². The van der Waals surface area contributed by atoms with Gasteiger partial charge in [0.1, 0.15) is 24.4 Å². The van der Waals surface area contributed by atoms with E-state index in [4.69, 9.17) is 9.47 Å². The quantitative estimate of drug-likeness (QED) is 0.692. The van der Waals surface area contributed by atoms with Crippen molar-refractivity contribution in [1.82, 2.24) is 5.32 Å². The Morgan fingerprint density at radius 3 is 2.55 bits per heavy atom. The minimum Gasteiger partial charge on any atom is -0.460 e. The Balaban J connectivity index is 1.97. The van der Waals surface area contributed by atoms with Crippen LogP contribution in [-0.4, -0.2) is 47.3 Å². The Morgan fingerprint density at radius 1 is 1.31 bits per heavy atom. The number of fused-ring (bicyclic) bond motifs is 3. The van der Waals surface area contributed by atoms with E-state index in [2.05, 4.69) is 19.2 Å². The molecule has 0 unspecified atom stereocenters. The monoisotopic (exact) mass is 407 g/mol. The lowest BCUT2D eigenvalue weighted by atomic mass is 9.46. The maximum absolute atomic E-state index is 13.0. The van der Waals surface area contributed by atoms with Gasteiger partial charge in [0.25, 0.3) is 0 Å². The molecule has 0 bridgehead atoms. The molecule has 2 aliphatic carbocycles. The van der Waals surface area contributed by atoms with E-state index in [1.165, 1.54) is 6.92 Å². The first-order valence-corrected chi connectivity index (χ1v) is 10.4. The topological polar surface area (TPSA) is 102 Å². The Bertz CT molecular complexity index is 756. The third kappa shape index (κ3) is 3.27.